The minimum absolute atomic E-state index is 0.127. The van der Waals surface area contributed by atoms with Gasteiger partial charge in [-0.05, 0) is 48.5 Å². The minimum Gasteiger partial charge on any atom is -0.354 e. The number of nitrogens with zero attached hydrogens (tertiary/aromatic N) is 5. The van der Waals surface area contributed by atoms with E-state index in [2.05, 4.69) is 37.9 Å². The summed E-state index contributed by atoms with van der Waals surface area (Å²) >= 11 is 0. The molecule has 1 aromatic heterocycles. The average molecular weight is 428 g/mol. The Morgan fingerprint density at radius 2 is 1.50 bits per heavy atom. The van der Waals surface area contributed by atoms with E-state index < -0.39 is 0 Å². The van der Waals surface area contributed by atoms with E-state index in [9.17, 15) is 4.79 Å². The zero-order chi connectivity index (χ0) is 21.9. The summed E-state index contributed by atoms with van der Waals surface area (Å²) in [6.07, 6.45) is 1.85. The molecule has 164 valence electrons. The lowest BCUT2D eigenvalue weighted by Crippen LogP contribution is -2.64. The molecule has 0 unspecified atom stereocenters. The SMILES string of the molecule is CN(c1ccccc1)c1ccc(C(=O)N2CC(N3CCN(c4ccccn4)CC3)C2)cc1. The number of rotatable bonds is 5. The highest BCUT2D eigenvalue weighted by Gasteiger charge is 2.36. The summed E-state index contributed by atoms with van der Waals surface area (Å²) in [7, 11) is 2.04. The highest BCUT2D eigenvalue weighted by molar-refractivity contribution is 5.95. The maximum Gasteiger partial charge on any atom is 0.253 e. The van der Waals surface area contributed by atoms with Crippen LogP contribution in [0.25, 0.3) is 0 Å². The molecule has 0 aliphatic carbocycles. The second kappa shape index (κ2) is 9.01. The first kappa shape index (κ1) is 20.5. The fourth-order valence-corrected chi connectivity index (χ4v) is 4.52. The van der Waals surface area contributed by atoms with Crippen LogP contribution in [0.4, 0.5) is 17.2 Å². The van der Waals surface area contributed by atoms with E-state index in [0.29, 0.717) is 6.04 Å². The molecule has 0 spiro atoms. The van der Waals surface area contributed by atoms with Crippen molar-refractivity contribution < 1.29 is 4.79 Å². The van der Waals surface area contributed by atoms with E-state index in [4.69, 9.17) is 0 Å². The number of aromatic nitrogens is 1. The van der Waals surface area contributed by atoms with Gasteiger partial charge in [-0.25, -0.2) is 4.98 Å². The Kier molecular flexibility index (Phi) is 5.77. The van der Waals surface area contributed by atoms with Crippen molar-refractivity contribution in [2.75, 3.05) is 56.1 Å². The molecule has 2 saturated heterocycles. The Morgan fingerprint density at radius 3 is 2.16 bits per heavy atom. The molecule has 0 saturated carbocycles. The van der Waals surface area contributed by atoms with Gasteiger partial charge in [-0.3, -0.25) is 9.69 Å². The van der Waals surface area contributed by atoms with E-state index >= 15 is 0 Å². The summed E-state index contributed by atoms with van der Waals surface area (Å²) in [5.74, 6) is 1.18. The molecule has 6 nitrogen and oxygen atoms in total. The van der Waals surface area contributed by atoms with Gasteiger partial charge in [0.25, 0.3) is 5.91 Å². The van der Waals surface area contributed by atoms with Gasteiger partial charge in [0.15, 0.2) is 0 Å². The van der Waals surface area contributed by atoms with E-state index in [-0.39, 0.29) is 5.91 Å². The molecule has 5 rings (SSSR count). The molecule has 0 bridgehead atoms. The Hall–Kier alpha value is -3.38. The van der Waals surface area contributed by atoms with Crippen molar-refractivity contribution in [3.8, 4) is 0 Å². The molecular formula is C26H29N5O. The standard InChI is InChI=1S/C26H29N5O/c1-28(22-7-3-2-4-8-22)23-12-10-21(11-13-23)26(32)31-19-24(20-31)29-15-17-30(18-16-29)25-9-5-6-14-27-25/h2-14,24H,15-20H2,1H3. The van der Waals surface area contributed by atoms with Crippen molar-refractivity contribution in [2.45, 2.75) is 6.04 Å². The summed E-state index contributed by atoms with van der Waals surface area (Å²) in [5.41, 5.74) is 2.95. The number of carbonyl (C=O) groups excluding carboxylic acids is 1. The van der Waals surface area contributed by atoms with Crippen LogP contribution in [0.5, 0.6) is 0 Å². The van der Waals surface area contributed by atoms with Crippen LogP contribution in [-0.4, -0.2) is 73.0 Å². The lowest BCUT2D eigenvalue weighted by Gasteiger charge is -2.48. The maximum atomic E-state index is 12.9. The molecule has 3 heterocycles. The number of piperazine rings is 1. The van der Waals surface area contributed by atoms with Gasteiger partial charge in [0.05, 0.1) is 0 Å². The van der Waals surface area contributed by atoms with Crippen molar-refractivity contribution in [2.24, 2.45) is 0 Å². The zero-order valence-electron chi connectivity index (χ0n) is 18.5. The van der Waals surface area contributed by atoms with Crippen LogP contribution >= 0.6 is 0 Å². The Labute approximate surface area is 189 Å². The monoisotopic (exact) mass is 427 g/mol. The van der Waals surface area contributed by atoms with E-state index in [1.165, 1.54) is 0 Å². The molecule has 2 aromatic carbocycles. The number of anilines is 3. The highest BCUT2D eigenvalue weighted by atomic mass is 16.2. The second-order valence-electron chi connectivity index (χ2n) is 8.52. The molecular weight excluding hydrogens is 398 g/mol. The molecule has 1 amide bonds. The fourth-order valence-electron chi connectivity index (χ4n) is 4.52. The summed E-state index contributed by atoms with van der Waals surface area (Å²) < 4.78 is 0. The predicted octanol–water partition coefficient (Wildman–Crippen LogP) is 3.50. The van der Waals surface area contributed by atoms with Gasteiger partial charge in [-0.1, -0.05) is 24.3 Å². The van der Waals surface area contributed by atoms with E-state index in [1.807, 2.05) is 72.7 Å². The van der Waals surface area contributed by atoms with Crippen LogP contribution in [0.15, 0.2) is 79.0 Å². The van der Waals surface area contributed by atoms with Crippen LogP contribution < -0.4 is 9.80 Å². The number of amides is 1. The molecule has 0 N–H and O–H groups in total. The smallest absolute Gasteiger partial charge is 0.253 e. The fraction of sp³-hybridized carbons (Fsp3) is 0.308. The third-order valence-electron chi connectivity index (χ3n) is 6.60. The summed E-state index contributed by atoms with van der Waals surface area (Å²) in [6, 6.07) is 24.7. The van der Waals surface area contributed by atoms with Crippen LogP contribution in [0, 0.1) is 0 Å². The lowest BCUT2D eigenvalue weighted by atomic mass is 10.0. The van der Waals surface area contributed by atoms with E-state index in [1.54, 1.807) is 0 Å². The average Bonchev–Trinajstić information content (AvgIpc) is 2.84. The first-order chi connectivity index (χ1) is 15.7. The van der Waals surface area contributed by atoms with Gasteiger partial charge in [0.1, 0.15) is 5.82 Å². The third-order valence-corrected chi connectivity index (χ3v) is 6.60. The van der Waals surface area contributed by atoms with Gasteiger partial charge in [0, 0.05) is 75.5 Å². The number of hydrogen-bond acceptors (Lipinski definition) is 5. The molecule has 2 aliphatic heterocycles. The summed E-state index contributed by atoms with van der Waals surface area (Å²) in [4.78, 5) is 26.3. The number of likely N-dealkylation sites (tertiary alicyclic amines) is 1. The quantitative estimate of drug-likeness (QED) is 0.624. The molecule has 0 radical (unpaired) electrons. The molecule has 0 atom stereocenters. The molecule has 3 aromatic rings. The van der Waals surface area contributed by atoms with Gasteiger partial charge < -0.3 is 14.7 Å². The summed E-state index contributed by atoms with van der Waals surface area (Å²) in [6.45, 7) is 5.63. The van der Waals surface area contributed by atoms with Crippen molar-refractivity contribution in [3.05, 3.63) is 84.6 Å². The van der Waals surface area contributed by atoms with Crippen molar-refractivity contribution in [3.63, 3.8) is 0 Å². The van der Waals surface area contributed by atoms with Crippen molar-refractivity contribution >= 4 is 23.1 Å². The number of para-hydroxylation sites is 1. The predicted molar refractivity (Wildman–Crippen MR) is 129 cm³/mol. The van der Waals surface area contributed by atoms with Crippen molar-refractivity contribution in [1.82, 2.24) is 14.8 Å². The first-order valence-corrected chi connectivity index (χ1v) is 11.3. The van der Waals surface area contributed by atoms with Gasteiger partial charge in [-0.15, -0.1) is 0 Å². The normalized spacial score (nSPS) is 17.2. The molecule has 32 heavy (non-hydrogen) atoms. The van der Waals surface area contributed by atoms with Crippen LogP contribution in [0.3, 0.4) is 0 Å². The van der Waals surface area contributed by atoms with Gasteiger partial charge >= 0.3 is 0 Å². The number of carbonyl (C=O) groups is 1. The second-order valence-corrected chi connectivity index (χ2v) is 8.52. The summed E-state index contributed by atoms with van der Waals surface area (Å²) in [5, 5.41) is 0. The third kappa shape index (κ3) is 4.18. The number of hydrogen-bond donors (Lipinski definition) is 0. The van der Waals surface area contributed by atoms with Crippen molar-refractivity contribution in [1.29, 1.82) is 0 Å². The van der Waals surface area contributed by atoms with Crippen LogP contribution in [0.1, 0.15) is 10.4 Å². The van der Waals surface area contributed by atoms with E-state index in [0.717, 1.165) is 62.0 Å². The first-order valence-electron chi connectivity index (χ1n) is 11.3. The molecule has 6 heteroatoms. The molecule has 2 aliphatic rings. The number of benzene rings is 2. The molecule has 2 fully saturated rings. The minimum atomic E-state index is 0.127. The maximum absolute atomic E-state index is 12.9. The lowest BCUT2D eigenvalue weighted by molar-refractivity contribution is 0.0246. The number of pyridine rings is 1. The largest absolute Gasteiger partial charge is 0.354 e. The van der Waals surface area contributed by atoms with Gasteiger partial charge in [-0.2, -0.15) is 0 Å². The van der Waals surface area contributed by atoms with Crippen LogP contribution in [-0.2, 0) is 0 Å². The Balaban J connectivity index is 1.12. The van der Waals surface area contributed by atoms with Crippen LogP contribution in [0.2, 0.25) is 0 Å². The topological polar surface area (TPSA) is 42.9 Å². The Bertz CT molecular complexity index is 1030. The Morgan fingerprint density at radius 1 is 0.844 bits per heavy atom. The highest BCUT2D eigenvalue weighted by Crippen LogP contribution is 2.25. The van der Waals surface area contributed by atoms with Gasteiger partial charge in [0.2, 0.25) is 0 Å². The zero-order valence-corrected chi connectivity index (χ0v) is 18.5.